The third-order valence-corrected chi connectivity index (χ3v) is 6.72. The number of para-hydroxylation sites is 1. The van der Waals surface area contributed by atoms with Crippen LogP contribution in [0.1, 0.15) is 32.6 Å². The molecule has 3 rings (SSSR count). The fourth-order valence-electron chi connectivity index (χ4n) is 3.31. The fraction of sp³-hybridized carbons (Fsp3) is 0.409. The van der Waals surface area contributed by atoms with E-state index < -0.39 is 10.0 Å². The first-order valence-electron chi connectivity index (χ1n) is 10.3. The molecule has 0 aliphatic carbocycles. The highest BCUT2D eigenvalue weighted by atomic mass is 32.2. The van der Waals surface area contributed by atoms with E-state index in [1.807, 2.05) is 30.3 Å². The van der Waals surface area contributed by atoms with Crippen LogP contribution in [0.15, 0.2) is 53.4 Å². The molecule has 1 aliphatic heterocycles. The van der Waals surface area contributed by atoms with Crippen LogP contribution in [0.25, 0.3) is 0 Å². The second kappa shape index (κ2) is 10.4. The van der Waals surface area contributed by atoms with E-state index in [1.54, 1.807) is 19.1 Å². The van der Waals surface area contributed by atoms with Crippen molar-refractivity contribution < 1.29 is 22.7 Å². The maximum absolute atomic E-state index is 13.2. The van der Waals surface area contributed by atoms with Crippen molar-refractivity contribution in [2.24, 2.45) is 0 Å². The predicted molar refractivity (Wildman–Crippen MR) is 115 cm³/mol. The fourth-order valence-corrected chi connectivity index (χ4v) is 4.98. The van der Waals surface area contributed by atoms with Gasteiger partial charge in [0.15, 0.2) is 0 Å². The van der Waals surface area contributed by atoms with Gasteiger partial charge in [-0.2, -0.15) is 4.31 Å². The molecular weight excluding hydrogens is 404 g/mol. The Bertz CT molecular complexity index is 941. The summed E-state index contributed by atoms with van der Waals surface area (Å²) in [7, 11) is -3.69. The number of anilines is 1. The number of piperidine rings is 1. The van der Waals surface area contributed by atoms with Gasteiger partial charge in [0.25, 0.3) is 0 Å². The van der Waals surface area contributed by atoms with Crippen molar-refractivity contribution >= 4 is 21.6 Å². The number of amides is 1. The summed E-state index contributed by atoms with van der Waals surface area (Å²) in [5, 5.41) is 2.76. The molecule has 2 aromatic carbocycles. The highest BCUT2D eigenvalue weighted by Gasteiger charge is 2.29. The number of ether oxygens (including phenoxy) is 2. The number of nitrogens with zero attached hydrogens (tertiary/aromatic N) is 1. The highest BCUT2D eigenvalue weighted by Crippen LogP contribution is 2.31. The minimum Gasteiger partial charge on any atom is -0.493 e. The molecule has 8 heteroatoms. The lowest BCUT2D eigenvalue weighted by molar-refractivity contribution is -0.116. The van der Waals surface area contributed by atoms with Crippen LogP contribution in [0.2, 0.25) is 0 Å². The number of hydrogen-bond acceptors (Lipinski definition) is 5. The van der Waals surface area contributed by atoms with Gasteiger partial charge in [-0.05, 0) is 50.1 Å². The van der Waals surface area contributed by atoms with Gasteiger partial charge in [0.2, 0.25) is 15.9 Å². The summed E-state index contributed by atoms with van der Waals surface area (Å²) in [5.74, 6) is 0.742. The van der Waals surface area contributed by atoms with Gasteiger partial charge in [0.1, 0.15) is 16.4 Å². The topological polar surface area (TPSA) is 84.9 Å². The lowest BCUT2D eigenvalue weighted by atomic mass is 10.2. The number of hydrogen-bond donors (Lipinski definition) is 1. The molecule has 0 radical (unpaired) electrons. The van der Waals surface area contributed by atoms with Gasteiger partial charge in [0.05, 0.1) is 19.6 Å². The molecule has 0 unspecified atom stereocenters. The van der Waals surface area contributed by atoms with E-state index in [0.29, 0.717) is 36.9 Å². The number of carbonyl (C=O) groups is 1. The first-order chi connectivity index (χ1) is 14.5. The molecule has 0 bridgehead atoms. The summed E-state index contributed by atoms with van der Waals surface area (Å²) in [6.07, 6.45) is 2.88. The maximum Gasteiger partial charge on any atom is 0.246 e. The van der Waals surface area contributed by atoms with Crippen molar-refractivity contribution in [2.75, 3.05) is 31.6 Å². The molecule has 1 amide bonds. The number of sulfonamides is 1. The van der Waals surface area contributed by atoms with E-state index in [9.17, 15) is 13.2 Å². The molecule has 0 aromatic heterocycles. The molecule has 30 heavy (non-hydrogen) atoms. The van der Waals surface area contributed by atoms with E-state index >= 15 is 0 Å². The van der Waals surface area contributed by atoms with Gasteiger partial charge in [-0.3, -0.25) is 4.79 Å². The molecule has 7 nitrogen and oxygen atoms in total. The summed E-state index contributed by atoms with van der Waals surface area (Å²) in [6.45, 7) is 3.39. The largest absolute Gasteiger partial charge is 0.493 e. The monoisotopic (exact) mass is 432 g/mol. The first kappa shape index (κ1) is 22.1. The zero-order valence-corrected chi connectivity index (χ0v) is 18.0. The van der Waals surface area contributed by atoms with Crippen LogP contribution in [0, 0.1) is 0 Å². The first-order valence-corrected chi connectivity index (χ1v) is 11.7. The molecule has 1 heterocycles. The normalized spacial score (nSPS) is 14.8. The summed E-state index contributed by atoms with van der Waals surface area (Å²) in [5.41, 5.74) is 0.416. The summed E-state index contributed by atoms with van der Waals surface area (Å²) < 4.78 is 38.9. The minimum atomic E-state index is -3.69. The van der Waals surface area contributed by atoms with Crippen molar-refractivity contribution in [2.45, 2.75) is 37.5 Å². The van der Waals surface area contributed by atoms with Gasteiger partial charge < -0.3 is 14.8 Å². The Labute approximate surface area is 178 Å². The minimum absolute atomic E-state index is 0.0876. The third kappa shape index (κ3) is 5.73. The molecule has 1 fully saturated rings. The summed E-state index contributed by atoms with van der Waals surface area (Å²) in [6, 6.07) is 14.0. The van der Waals surface area contributed by atoms with E-state index in [-0.39, 0.29) is 23.8 Å². The number of rotatable bonds is 9. The summed E-state index contributed by atoms with van der Waals surface area (Å²) in [4.78, 5) is 12.4. The molecule has 0 saturated carbocycles. The molecule has 0 atom stereocenters. The lowest BCUT2D eigenvalue weighted by Crippen LogP contribution is -2.35. The molecule has 2 aromatic rings. The molecule has 0 spiro atoms. The van der Waals surface area contributed by atoms with Crippen LogP contribution >= 0.6 is 0 Å². The smallest absolute Gasteiger partial charge is 0.246 e. The van der Waals surface area contributed by atoms with Gasteiger partial charge in [-0.25, -0.2) is 8.42 Å². The van der Waals surface area contributed by atoms with E-state index in [0.717, 1.165) is 19.3 Å². The van der Waals surface area contributed by atoms with Crippen molar-refractivity contribution in [1.29, 1.82) is 0 Å². The Kier molecular flexibility index (Phi) is 7.70. The van der Waals surface area contributed by atoms with Gasteiger partial charge in [-0.15, -0.1) is 0 Å². The van der Waals surface area contributed by atoms with Crippen molar-refractivity contribution in [3.8, 4) is 11.5 Å². The maximum atomic E-state index is 13.2. The highest BCUT2D eigenvalue weighted by molar-refractivity contribution is 7.89. The van der Waals surface area contributed by atoms with E-state index in [1.165, 1.54) is 10.4 Å². The standard InChI is InChI=1S/C22H28N2O5S/c1-2-28-20-12-11-18(17-21(20)30(26,27)24-14-7-4-8-15-24)23-22(25)13-16-29-19-9-5-3-6-10-19/h3,5-6,9-12,17H,2,4,7-8,13-16H2,1H3,(H,23,25). The SMILES string of the molecule is CCOc1ccc(NC(=O)CCOc2ccccc2)cc1S(=O)(=O)N1CCCCC1. The average molecular weight is 433 g/mol. The van der Waals surface area contributed by atoms with Crippen LogP contribution in [-0.2, 0) is 14.8 Å². The van der Waals surface area contributed by atoms with Gasteiger partial charge in [0, 0.05) is 18.8 Å². The zero-order chi connectivity index (χ0) is 21.4. The second-order valence-corrected chi connectivity index (χ2v) is 8.93. The molecule has 1 aliphatic rings. The summed E-state index contributed by atoms with van der Waals surface area (Å²) >= 11 is 0. The van der Waals surface area contributed by atoms with Gasteiger partial charge >= 0.3 is 0 Å². The van der Waals surface area contributed by atoms with Crippen molar-refractivity contribution in [1.82, 2.24) is 4.31 Å². The second-order valence-electron chi connectivity index (χ2n) is 7.02. The molecule has 162 valence electrons. The average Bonchev–Trinajstić information content (AvgIpc) is 2.76. The number of nitrogens with one attached hydrogen (secondary N) is 1. The predicted octanol–water partition coefficient (Wildman–Crippen LogP) is 3.67. The van der Waals surface area contributed by atoms with Gasteiger partial charge in [-0.1, -0.05) is 24.6 Å². The molecule has 1 saturated heterocycles. The van der Waals surface area contributed by atoms with E-state index in [4.69, 9.17) is 9.47 Å². The Morgan fingerprint density at radius 2 is 1.77 bits per heavy atom. The quantitative estimate of drug-likeness (QED) is 0.654. The Balaban J connectivity index is 1.69. The van der Waals surface area contributed by atoms with Crippen molar-refractivity contribution in [3.63, 3.8) is 0 Å². The van der Waals surface area contributed by atoms with Crippen LogP contribution in [0.3, 0.4) is 0 Å². The van der Waals surface area contributed by atoms with Crippen LogP contribution < -0.4 is 14.8 Å². The molecule has 1 N–H and O–H groups in total. The molecular formula is C22H28N2O5S. The number of benzene rings is 2. The Morgan fingerprint density at radius 3 is 2.47 bits per heavy atom. The zero-order valence-electron chi connectivity index (χ0n) is 17.2. The lowest BCUT2D eigenvalue weighted by Gasteiger charge is -2.27. The van der Waals surface area contributed by atoms with E-state index in [2.05, 4.69) is 5.32 Å². The third-order valence-electron chi connectivity index (χ3n) is 4.80. The van der Waals surface area contributed by atoms with Crippen LogP contribution in [0.4, 0.5) is 5.69 Å². The Hall–Kier alpha value is -2.58. The van der Waals surface area contributed by atoms with Crippen molar-refractivity contribution in [3.05, 3.63) is 48.5 Å². The van der Waals surface area contributed by atoms with Crippen LogP contribution in [-0.4, -0.2) is 44.9 Å². The Morgan fingerprint density at radius 1 is 1.03 bits per heavy atom. The number of carbonyl (C=O) groups excluding carboxylic acids is 1. The van der Waals surface area contributed by atoms with Crippen LogP contribution in [0.5, 0.6) is 11.5 Å².